The molecular formula is C31H33N3O6S. The molecule has 1 aromatic heterocycles. The number of ether oxygens (including phenoxy) is 2. The predicted octanol–water partition coefficient (Wildman–Crippen LogP) is 3.73. The lowest BCUT2D eigenvalue weighted by Gasteiger charge is -2.31. The molecule has 2 aromatic carbocycles. The van der Waals surface area contributed by atoms with Crippen LogP contribution in [0.2, 0.25) is 0 Å². The summed E-state index contributed by atoms with van der Waals surface area (Å²) in [4.78, 5) is 46.4. The van der Waals surface area contributed by atoms with E-state index in [-0.39, 0.29) is 19.6 Å². The molecule has 3 aromatic rings. The summed E-state index contributed by atoms with van der Waals surface area (Å²) in [6.07, 6.45) is 4.11. The first kappa shape index (κ1) is 28.6. The number of carboxylic acids is 1. The first-order valence-electron chi connectivity index (χ1n) is 13.5. The summed E-state index contributed by atoms with van der Waals surface area (Å²) in [6, 6.07) is 19.7. The molecule has 0 spiro atoms. The third-order valence-corrected chi connectivity index (χ3v) is 8.55. The number of benzene rings is 2. The number of hydrogen-bond donors (Lipinski definition) is 2. The molecule has 214 valence electrons. The Morgan fingerprint density at radius 1 is 1.07 bits per heavy atom. The number of fused-ring (bicyclic) bond motifs is 1. The van der Waals surface area contributed by atoms with Crippen LogP contribution in [0.3, 0.4) is 0 Å². The number of nitrogens with zero attached hydrogens (tertiary/aromatic N) is 2. The van der Waals surface area contributed by atoms with Crippen LogP contribution in [0.15, 0.2) is 72.9 Å². The van der Waals surface area contributed by atoms with E-state index in [1.165, 1.54) is 23.8 Å². The van der Waals surface area contributed by atoms with Crippen molar-refractivity contribution < 1.29 is 29.0 Å². The molecule has 4 unspecified atom stereocenters. The average molecular weight is 576 g/mol. The van der Waals surface area contributed by atoms with Crippen LogP contribution in [0.5, 0.6) is 11.5 Å². The summed E-state index contributed by atoms with van der Waals surface area (Å²) in [6.45, 7) is 0.372. The van der Waals surface area contributed by atoms with Gasteiger partial charge in [0.2, 0.25) is 11.8 Å². The zero-order valence-corrected chi connectivity index (χ0v) is 23.8. The molecule has 2 amide bonds. The number of aromatic nitrogens is 1. The topological polar surface area (TPSA) is 118 Å². The van der Waals surface area contributed by atoms with Crippen LogP contribution in [0.1, 0.15) is 29.3 Å². The molecule has 0 saturated carbocycles. The fourth-order valence-electron chi connectivity index (χ4n) is 5.94. The number of thioether (sulfide) groups is 1. The Morgan fingerprint density at radius 2 is 1.85 bits per heavy atom. The maximum absolute atomic E-state index is 14.0. The summed E-state index contributed by atoms with van der Waals surface area (Å²) in [5.41, 5.74) is 0.644. The van der Waals surface area contributed by atoms with Gasteiger partial charge in [-0.2, -0.15) is 11.8 Å². The van der Waals surface area contributed by atoms with E-state index in [9.17, 15) is 19.5 Å². The normalized spacial score (nSPS) is 23.5. The second-order valence-corrected chi connectivity index (χ2v) is 11.2. The fraction of sp³-hybridized carbons (Fsp3) is 0.355. The van der Waals surface area contributed by atoms with Crippen LogP contribution in [-0.2, 0) is 27.4 Å². The number of likely N-dealkylation sites (tertiary alicyclic amines) is 1. The number of carbonyl (C=O) groups excluding carboxylic acids is 2. The Hall–Kier alpha value is -3.89. The smallest absolute Gasteiger partial charge is 0.324 e. The third kappa shape index (κ3) is 5.41. The summed E-state index contributed by atoms with van der Waals surface area (Å²) < 4.78 is 11.9. The summed E-state index contributed by atoms with van der Waals surface area (Å²) in [5, 5.41) is 13.9. The van der Waals surface area contributed by atoms with Crippen molar-refractivity contribution in [3.05, 3.63) is 89.7 Å². The number of rotatable bonds is 12. The van der Waals surface area contributed by atoms with E-state index in [0.29, 0.717) is 29.2 Å². The number of pyridine rings is 1. The Labute approximate surface area is 243 Å². The van der Waals surface area contributed by atoms with Gasteiger partial charge in [-0.05, 0) is 42.2 Å². The lowest BCUT2D eigenvalue weighted by molar-refractivity contribution is -0.151. The number of carboxylic acid groups (broad SMARTS) is 1. The zero-order chi connectivity index (χ0) is 29.0. The van der Waals surface area contributed by atoms with Gasteiger partial charge in [0, 0.05) is 36.5 Å². The third-order valence-electron chi connectivity index (χ3n) is 7.94. The molecule has 10 heteroatoms. The molecule has 4 atom stereocenters. The van der Waals surface area contributed by atoms with E-state index in [1.54, 1.807) is 30.5 Å². The van der Waals surface area contributed by atoms with E-state index < -0.39 is 41.2 Å². The van der Waals surface area contributed by atoms with Crippen LogP contribution < -0.4 is 14.8 Å². The quantitative estimate of drug-likeness (QED) is 0.312. The van der Waals surface area contributed by atoms with Crippen molar-refractivity contribution in [3.63, 3.8) is 0 Å². The molecule has 0 bridgehead atoms. The van der Waals surface area contributed by atoms with Crippen molar-refractivity contribution >= 4 is 29.5 Å². The van der Waals surface area contributed by atoms with E-state index >= 15 is 0 Å². The number of para-hydroxylation sites is 1. The number of hydrogen-bond acceptors (Lipinski definition) is 8. The molecule has 0 aliphatic carbocycles. The minimum absolute atomic E-state index is 0.127. The van der Waals surface area contributed by atoms with Crippen molar-refractivity contribution in [2.75, 3.05) is 25.7 Å². The van der Waals surface area contributed by atoms with Crippen molar-refractivity contribution in [1.82, 2.24) is 15.2 Å². The first-order chi connectivity index (χ1) is 19.9. The minimum Gasteiger partial charge on any atom is -0.493 e. The molecule has 3 heterocycles. The average Bonchev–Trinajstić information content (AvgIpc) is 3.48. The number of nitrogens with one attached hydrogen (secondary N) is 1. The lowest BCUT2D eigenvalue weighted by Crippen LogP contribution is -2.56. The Bertz CT molecular complexity index is 1410. The van der Waals surface area contributed by atoms with Crippen molar-refractivity contribution in [2.24, 2.45) is 11.8 Å². The van der Waals surface area contributed by atoms with Crippen molar-refractivity contribution in [1.29, 1.82) is 0 Å². The van der Waals surface area contributed by atoms with Gasteiger partial charge in [-0.3, -0.25) is 29.6 Å². The second-order valence-electron chi connectivity index (χ2n) is 10.2. The largest absolute Gasteiger partial charge is 0.493 e. The highest BCUT2D eigenvalue weighted by atomic mass is 32.2. The van der Waals surface area contributed by atoms with Crippen LogP contribution in [-0.4, -0.2) is 64.0 Å². The highest BCUT2D eigenvalue weighted by molar-refractivity contribution is 7.98. The standard InChI is InChI=1S/C31H33N3O6S/c1-39-23-13-8-12-22(27(23)40-19-20-9-4-3-5-10-20)26-24-25(31(33-26,30(37)38)15-18-41-2)29(36)34(28(24)35)17-14-21-11-6-7-16-32-21/h3-13,16,24-26,33H,14-15,17-19H2,1-2H3,(H,37,38). The van der Waals surface area contributed by atoms with Crippen molar-refractivity contribution in [2.45, 2.75) is 31.0 Å². The van der Waals surface area contributed by atoms with E-state index in [1.807, 2.05) is 48.7 Å². The highest BCUT2D eigenvalue weighted by Crippen LogP contribution is 2.53. The zero-order valence-electron chi connectivity index (χ0n) is 23.0. The van der Waals surface area contributed by atoms with Crippen LogP contribution in [0, 0.1) is 11.8 Å². The molecular weight excluding hydrogens is 542 g/mol. The monoisotopic (exact) mass is 575 g/mol. The van der Waals surface area contributed by atoms with E-state index in [2.05, 4.69) is 10.3 Å². The first-order valence-corrected chi connectivity index (χ1v) is 14.9. The van der Waals surface area contributed by atoms with Gasteiger partial charge in [-0.15, -0.1) is 0 Å². The lowest BCUT2D eigenvalue weighted by atomic mass is 9.78. The summed E-state index contributed by atoms with van der Waals surface area (Å²) >= 11 is 1.49. The number of amides is 2. The maximum Gasteiger partial charge on any atom is 0.324 e. The number of methoxy groups -OCH3 is 1. The van der Waals surface area contributed by atoms with Gasteiger partial charge in [-0.1, -0.05) is 48.5 Å². The van der Waals surface area contributed by atoms with Gasteiger partial charge in [0.15, 0.2) is 11.5 Å². The van der Waals surface area contributed by atoms with Gasteiger partial charge >= 0.3 is 5.97 Å². The van der Waals surface area contributed by atoms with E-state index in [4.69, 9.17) is 9.47 Å². The van der Waals surface area contributed by atoms with Crippen molar-refractivity contribution in [3.8, 4) is 11.5 Å². The van der Waals surface area contributed by atoms with Gasteiger partial charge in [0.25, 0.3) is 0 Å². The summed E-state index contributed by atoms with van der Waals surface area (Å²) in [7, 11) is 1.53. The molecule has 0 radical (unpaired) electrons. The SMILES string of the molecule is COc1cccc(C2NC(CCSC)(C(=O)O)C3C(=O)N(CCc4ccccn4)C(=O)C23)c1OCc1ccccc1. The molecule has 41 heavy (non-hydrogen) atoms. The highest BCUT2D eigenvalue weighted by Gasteiger charge is 2.68. The molecule has 5 rings (SSSR count). The van der Waals surface area contributed by atoms with Gasteiger partial charge in [0.05, 0.1) is 18.9 Å². The van der Waals surface area contributed by atoms with Crippen LogP contribution >= 0.6 is 11.8 Å². The predicted molar refractivity (Wildman–Crippen MR) is 155 cm³/mol. The Balaban J connectivity index is 1.54. The fourth-order valence-corrected chi connectivity index (χ4v) is 6.47. The number of carbonyl (C=O) groups is 3. The number of aliphatic carboxylic acids is 1. The van der Waals surface area contributed by atoms with Crippen LogP contribution in [0.4, 0.5) is 0 Å². The molecule has 2 aliphatic rings. The van der Waals surface area contributed by atoms with Gasteiger partial charge in [-0.25, -0.2) is 0 Å². The van der Waals surface area contributed by atoms with Gasteiger partial charge in [0.1, 0.15) is 12.1 Å². The van der Waals surface area contributed by atoms with Crippen LogP contribution in [0.25, 0.3) is 0 Å². The maximum atomic E-state index is 14.0. The molecule has 2 saturated heterocycles. The Morgan fingerprint density at radius 3 is 2.54 bits per heavy atom. The molecule has 9 nitrogen and oxygen atoms in total. The number of imide groups is 1. The minimum atomic E-state index is -1.62. The Kier molecular flexibility index (Phi) is 8.60. The van der Waals surface area contributed by atoms with E-state index in [0.717, 1.165) is 11.3 Å². The molecule has 2 aliphatic heterocycles. The molecule has 2 N–H and O–H groups in total. The molecule has 2 fully saturated rings. The summed E-state index contributed by atoms with van der Waals surface area (Å²) in [5.74, 6) is -2.63. The second kappa shape index (κ2) is 12.3. The van der Waals surface area contributed by atoms with Gasteiger partial charge < -0.3 is 14.6 Å².